The van der Waals surface area contributed by atoms with Crippen LogP contribution in [0.4, 0.5) is 0 Å². The van der Waals surface area contributed by atoms with Crippen molar-refractivity contribution < 1.29 is 9.53 Å². The zero-order chi connectivity index (χ0) is 15.1. The van der Waals surface area contributed by atoms with Crippen LogP contribution in [-0.2, 0) is 12.3 Å². The SMILES string of the molecule is COc1cccc(CNC(=O)c2ccc(CSC)cc2)c1. The first-order valence-corrected chi connectivity index (χ1v) is 8.11. The summed E-state index contributed by atoms with van der Waals surface area (Å²) in [4.78, 5) is 12.1. The zero-order valence-electron chi connectivity index (χ0n) is 12.3. The van der Waals surface area contributed by atoms with Gasteiger partial charge in [0, 0.05) is 17.9 Å². The van der Waals surface area contributed by atoms with Crippen molar-refractivity contribution in [3.63, 3.8) is 0 Å². The Labute approximate surface area is 129 Å². The van der Waals surface area contributed by atoms with Crippen molar-refractivity contribution in [2.75, 3.05) is 13.4 Å². The molecule has 2 aromatic rings. The van der Waals surface area contributed by atoms with E-state index in [9.17, 15) is 4.79 Å². The third-order valence-electron chi connectivity index (χ3n) is 3.11. The molecule has 0 heterocycles. The van der Waals surface area contributed by atoms with Crippen molar-refractivity contribution in [2.45, 2.75) is 12.3 Å². The molecular weight excluding hydrogens is 282 g/mol. The Balaban J connectivity index is 1.94. The Hall–Kier alpha value is -1.94. The number of hydrogen-bond donors (Lipinski definition) is 1. The predicted molar refractivity (Wildman–Crippen MR) is 87.8 cm³/mol. The minimum Gasteiger partial charge on any atom is -0.497 e. The van der Waals surface area contributed by atoms with Crippen LogP contribution in [0.2, 0.25) is 0 Å². The Kier molecular flexibility index (Phi) is 5.69. The van der Waals surface area contributed by atoms with E-state index >= 15 is 0 Å². The molecule has 3 nitrogen and oxygen atoms in total. The molecule has 1 amide bonds. The molecule has 0 bridgehead atoms. The third kappa shape index (κ3) is 4.53. The maximum atomic E-state index is 12.1. The van der Waals surface area contributed by atoms with E-state index in [1.54, 1.807) is 18.9 Å². The van der Waals surface area contributed by atoms with E-state index in [0.29, 0.717) is 12.1 Å². The highest BCUT2D eigenvalue weighted by atomic mass is 32.2. The molecule has 110 valence electrons. The van der Waals surface area contributed by atoms with Crippen molar-refractivity contribution in [3.05, 3.63) is 65.2 Å². The number of ether oxygens (including phenoxy) is 1. The number of thioether (sulfide) groups is 1. The van der Waals surface area contributed by atoms with E-state index in [4.69, 9.17) is 4.74 Å². The number of carbonyl (C=O) groups is 1. The molecule has 0 radical (unpaired) electrons. The van der Waals surface area contributed by atoms with E-state index in [1.807, 2.05) is 48.5 Å². The van der Waals surface area contributed by atoms with Gasteiger partial charge in [-0.15, -0.1) is 0 Å². The lowest BCUT2D eigenvalue weighted by Gasteiger charge is -2.07. The Morgan fingerprint density at radius 1 is 1.14 bits per heavy atom. The number of methoxy groups -OCH3 is 1. The minimum absolute atomic E-state index is 0.0616. The largest absolute Gasteiger partial charge is 0.497 e. The van der Waals surface area contributed by atoms with Crippen LogP contribution in [-0.4, -0.2) is 19.3 Å². The molecule has 0 aliphatic heterocycles. The van der Waals surface area contributed by atoms with Gasteiger partial charge in [-0.1, -0.05) is 24.3 Å². The molecular formula is C17H19NO2S. The van der Waals surface area contributed by atoms with Gasteiger partial charge in [0.25, 0.3) is 5.91 Å². The molecule has 0 aliphatic rings. The van der Waals surface area contributed by atoms with E-state index in [-0.39, 0.29) is 5.91 Å². The van der Waals surface area contributed by atoms with E-state index in [2.05, 4.69) is 11.6 Å². The van der Waals surface area contributed by atoms with Gasteiger partial charge >= 0.3 is 0 Å². The van der Waals surface area contributed by atoms with Crippen LogP contribution in [0.25, 0.3) is 0 Å². The average Bonchev–Trinajstić information content (AvgIpc) is 2.54. The first-order valence-electron chi connectivity index (χ1n) is 6.72. The lowest BCUT2D eigenvalue weighted by molar-refractivity contribution is 0.0951. The van der Waals surface area contributed by atoms with Gasteiger partial charge in [-0.3, -0.25) is 4.79 Å². The van der Waals surface area contributed by atoms with Gasteiger partial charge in [0.15, 0.2) is 0 Å². The first-order chi connectivity index (χ1) is 10.2. The number of benzene rings is 2. The minimum atomic E-state index is -0.0616. The number of hydrogen-bond acceptors (Lipinski definition) is 3. The highest BCUT2D eigenvalue weighted by Crippen LogP contribution is 2.13. The summed E-state index contributed by atoms with van der Waals surface area (Å²) in [7, 11) is 1.63. The summed E-state index contributed by atoms with van der Waals surface area (Å²) in [5.41, 5.74) is 2.93. The predicted octanol–water partition coefficient (Wildman–Crippen LogP) is 3.49. The summed E-state index contributed by atoms with van der Waals surface area (Å²) in [6.45, 7) is 0.489. The number of rotatable bonds is 6. The molecule has 21 heavy (non-hydrogen) atoms. The topological polar surface area (TPSA) is 38.3 Å². The molecule has 0 fully saturated rings. The lowest BCUT2D eigenvalue weighted by Crippen LogP contribution is -2.22. The monoisotopic (exact) mass is 301 g/mol. The van der Waals surface area contributed by atoms with Crippen LogP contribution in [0, 0.1) is 0 Å². The van der Waals surface area contributed by atoms with Crippen LogP contribution < -0.4 is 10.1 Å². The van der Waals surface area contributed by atoms with Crippen molar-refractivity contribution in [2.24, 2.45) is 0 Å². The normalized spacial score (nSPS) is 10.2. The smallest absolute Gasteiger partial charge is 0.251 e. The van der Waals surface area contributed by atoms with Crippen molar-refractivity contribution in [3.8, 4) is 5.75 Å². The summed E-state index contributed by atoms with van der Waals surface area (Å²) >= 11 is 1.77. The lowest BCUT2D eigenvalue weighted by atomic mass is 10.1. The summed E-state index contributed by atoms with van der Waals surface area (Å²) in [6, 6.07) is 15.4. The third-order valence-corrected chi connectivity index (χ3v) is 3.74. The van der Waals surface area contributed by atoms with Crippen LogP contribution in [0.15, 0.2) is 48.5 Å². The zero-order valence-corrected chi connectivity index (χ0v) is 13.1. The second-order valence-corrected chi connectivity index (χ2v) is 5.53. The fraction of sp³-hybridized carbons (Fsp3) is 0.235. The molecule has 0 saturated heterocycles. The number of carbonyl (C=O) groups excluding carboxylic acids is 1. The molecule has 0 unspecified atom stereocenters. The standard InChI is InChI=1S/C17H19NO2S/c1-20-16-5-3-4-14(10-16)11-18-17(19)15-8-6-13(7-9-15)12-21-2/h3-10H,11-12H2,1-2H3,(H,18,19). The van der Waals surface area contributed by atoms with Gasteiger partial charge in [-0.2, -0.15) is 11.8 Å². The van der Waals surface area contributed by atoms with E-state index in [0.717, 1.165) is 17.1 Å². The van der Waals surface area contributed by atoms with E-state index in [1.165, 1.54) is 5.56 Å². The van der Waals surface area contributed by atoms with Gasteiger partial charge in [0.05, 0.1) is 7.11 Å². The highest BCUT2D eigenvalue weighted by molar-refractivity contribution is 7.97. The fourth-order valence-electron chi connectivity index (χ4n) is 1.99. The van der Waals surface area contributed by atoms with E-state index < -0.39 is 0 Å². The molecule has 2 aromatic carbocycles. The van der Waals surface area contributed by atoms with Crippen molar-refractivity contribution >= 4 is 17.7 Å². The quantitative estimate of drug-likeness (QED) is 0.887. The summed E-state index contributed by atoms with van der Waals surface area (Å²) in [5.74, 6) is 1.70. The first kappa shape index (κ1) is 15.4. The van der Waals surface area contributed by atoms with Crippen molar-refractivity contribution in [1.29, 1.82) is 0 Å². The summed E-state index contributed by atoms with van der Waals surface area (Å²) in [6.07, 6.45) is 2.06. The van der Waals surface area contributed by atoms with Crippen LogP contribution in [0.1, 0.15) is 21.5 Å². The second-order valence-electron chi connectivity index (χ2n) is 4.66. The number of nitrogens with one attached hydrogen (secondary N) is 1. The molecule has 4 heteroatoms. The fourth-order valence-corrected chi connectivity index (χ4v) is 2.51. The Bertz CT molecular complexity index is 596. The van der Waals surface area contributed by atoms with Gasteiger partial charge in [-0.05, 0) is 41.6 Å². The highest BCUT2D eigenvalue weighted by Gasteiger charge is 2.05. The summed E-state index contributed by atoms with van der Waals surface area (Å²) in [5, 5.41) is 2.92. The second kappa shape index (κ2) is 7.74. The van der Waals surface area contributed by atoms with Crippen LogP contribution in [0.3, 0.4) is 0 Å². The molecule has 2 rings (SSSR count). The maximum absolute atomic E-state index is 12.1. The van der Waals surface area contributed by atoms with Crippen LogP contribution >= 0.6 is 11.8 Å². The van der Waals surface area contributed by atoms with Gasteiger partial charge in [0.2, 0.25) is 0 Å². The molecule has 0 aromatic heterocycles. The molecule has 0 spiro atoms. The van der Waals surface area contributed by atoms with Gasteiger partial charge in [-0.25, -0.2) is 0 Å². The summed E-state index contributed by atoms with van der Waals surface area (Å²) < 4.78 is 5.17. The Morgan fingerprint density at radius 2 is 1.90 bits per heavy atom. The Morgan fingerprint density at radius 3 is 2.57 bits per heavy atom. The van der Waals surface area contributed by atoms with Crippen molar-refractivity contribution in [1.82, 2.24) is 5.32 Å². The molecule has 0 aliphatic carbocycles. The molecule has 0 saturated carbocycles. The number of amides is 1. The van der Waals surface area contributed by atoms with Gasteiger partial charge < -0.3 is 10.1 Å². The molecule has 1 N–H and O–H groups in total. The molecule has 0 atom stereocenters. The van der Waals surface area contributed by atoms with Crippen LogP contribution in [0.5, 0.6) is 5.75 Å². The van der Waals surface area contributed by atoms with Gasteiger partial charge in [0.1, 0.15) is 5.75 Å². The maximum Gasteiger partial charge on any atom is 0.251 e. The average molecular weight is 301 g/mol.